The predicted octanol–water partition coefficient (Wildman–Crippen LogP) is 5.22. The second-order valence-corrected chi connectivity index (χ2v) is 17.1. The lowest BCUT2D eigenvalue weighted by atomic mass is 10.4. The Morgan fingerprint density at radius 3 is 1.26 bits per heavy atom. The molecule has 0 fully saturated rings. The SMILES string of the molecule is CCOC([Si](C)(C)C)[P+](c1ccccc1)(c1ccccc1)c1ccccc1. The lowest BCUT2D eigenvalue weighted by Crippen LogP contribution is -2.51. The molecule has 0 bridgehead atoms. The van der Waals surface area contributed by atoms with Gasteiger partial charge in [0.25, 0.3) is 0 Å². The summed E-state index contributed by atoms with van der Waals surface area (Å²) in [5, 5.41) is 4.22. The predicted molar refractivity (Wildman–Crippen MR) is 124 cm³/mol. The van der Waals surface area contributed by atoms with Gasteiger partial charge in [0.15, 0.2) is 5.47 Å². The molecule has 1 unspecified atom stereocenters. The van der Waals surface area contributed by atoms with Crippen LogP contribution in [0.25, 0.3) is 0 Å². The fourth-order valence-electron chi connectivity index (χ4n) is 3.94. The summed E-state index contributed by atoms with van der Waals surface area (Å²) in [5.74, 6) is 0. The maximum absolute atomic E-state index is 6.65. The Hall–Kier alpha value is -1.73. The summed E-state index contributed by atoms with van der Waals surface area (Å²) in [4.78, 5) is 0. The van der Waals surface area contributed by atoms with Crippen molar-refractivity contribution in [2.24, 2.45) is 0 Å². The molecule has 0 saturated heterocycles. The zero-order chi connectivity index (χ0) is 19.3. The molecule has 1 atom stereocenters. The van der Waals surface area contributed by atoms with E-state index in [1.807, 2.05) is 0 Å². The second kappa shape index (κ2) is 8.52. The normalized spacial score (nSPS) is 13.3. The maximum atomic E-state index is 6.65. The fraction of sp³-hybridized carbons (Fsp3) is 0.250. The number of hydrogen-bond donors (Lipinski definition) is 0. The summed E-state index contributed by atoms with van der Waals surface area (Å²) in [7, 11) is -3.63. The smallest absolute Gasteiger partial charge is 0.162 e. The standard InChI is InChI=1S/C24H30OPSi/c1-5-25-24(27(2,3)4)26(21-15-9-6-10-16-21,22-17-11-7-12-18-22)23-19-13-8-14-20-23/h6-20,24H,5H2,1-4H3/q+1. The van der Waals surface area contributed by atoms with E-state index in [-0.39, 0.29) is 5.47 Å². The number of hydrogen-bond acceptors (Lipinski definition) is 1. The zero-order valence-electron chi connectivity index (χ0n) is 16.8. The van der Waals surface area contributed by atoms with E-state index in [2.05, 4.69) is 118 Å². The molecule has 1 nitrogen and oxygen atoms in total. The summed E-state index contributed by atoms with van der Waals surface area (Å²) < 4.78 is 6.65. The van der Waals surface area contributed by atoms with Crippen LogP contribution in [0.4, 0.5) is 0 Å². The third-order valence-corrected chi connectivity index (χ3v) is 14.2. The van der Waals surface area contributed by atoms with E-state index in [0.29, 0.717) is 0 Å². The highest BCUT2D eigenvalue weighted by Crippen LogP contribution is 2.62. The molecule has 3 heteroatoms. The lowest BCUT2D eigenvalue weighted by Gasteiger charge is -2.40. The van der Waals surface area contributed by atoms with Gasteiger partial charge in [-0.3, -0.25) is 0 Å². The minimum absolute atomic E-state index is 0.224. The van der Waals surface area contributed by atoms with Crippen LogP contribution in [-0.4, -0.2) is 20.1 Å². The van der Waals surface area contributed by atoms with Gasteiger partial charge in [-0.15, -0.1) is 0 Å². The van der Waals surface area contributed by atoms with Crippen molar-refractivity contribution in [3.63, 3.8) is 0 Å². The van der Waals surface area contributed by atoms with Crippen LogP contribution in [0.3, 0.4) is 0 Å². The highest BCUT2D eigenvalue weighted by molar-refractivity contribution is 7.97. The van der Waals surface area contributed by atoms with Gasteiger partial charge in [0.05, 0.1) is 0 Å². The molecule has 0 aromatic heterocycles. The van der Waals surface area contributed by atoms with Crippen molar-refractivity contribution < 1.29 is 4.74 Å². The molecule has 140 valence electrons. The molecule has 27 heavy (non-hydrogen) atoms. The van der Waals surface area contributed by atoms with Gasteiger partial charge in [0.2, 0.25) is 0 Å². The third kappa shape index (κ3) is 3.94. The molecule has 0 spiro atoms. The third-order valence-electron chi connectivity index (χ3n) is 4.91. The van der Waals surface area contributed by atoms with Gasteiger partial charge in [-0.05, 0) is 43.3 Å². The highest BCUT2D eigenvalue weighted by Gasteiger charge is 2.57. The molecule has 3 rings (SSSR count). The Kier molecular flexibility index (Phi) is 6.32. The first kappa shape index (κ1) is 20.0. The first-order chi connectivity index (χ1) is 13.0. The first-order valence-corrected chi connectivity index (χ1v) is 15.1. The van der Waals surface area contributed by atoms with Gasteiger partial charge in [0.1, 0.15) is 31.2 Å². The fourth-order valence-corrected chi connectivity index (χ4v) is 14.6. The van der Waals surface area contributed by atoms with Gasteiger partial charge in [-0.25, -0.2) is 0 Å². The van der Waals surface area contributed by atoms with Crippen molar-refractivity contribution in [1.82, 2.24) is 0 Å². The minimum atomic E-state index is -1.96. The summed E-state index contributed by atoms with van der Waals surface area (Å²) in [6.07, 6.45) is 0. The molecule has 0 aliphatic rings. The lowest BCUT2D eigenvalue weighted by molar-refractivity contribution is 0.163. The van der Waals surface area contributed by atoms with Crippen LogP contribution in [0.1, 0.15) is 6.92 Å². The molecular weight excluding hydrogens is 363 g/mol. The largest absolute Gasteiger partial charge is 0.347 e. The van der Waals surface area contributed by atoms with Crippen molar-refractivity contribution in [2.75, 3.05) is 6.61 Å². The summed E-state index contributed by atoms with van der Waals surface area (Å²) in [6, 6.07) is 33.2. The number of rotatable bonds is 7. The van der Waals surface area contributed by atoms with Crippen molar-refractivity contribution in [3.05, 3.63) is 91.0 Å². The van der Waals surface area contributed by atoms with Crippen LogP contribution < -0.4 is 15.9 Å². The molecule has 0 aliphatic heterocycles. The molecule has 0 N–H and O–H groups in total. The van der Waals surface area contributed by atoms with Crippen LogP contribution in [-0.2, 0) is 4.74 Å². The molecule has 0 radical (unpaired) electrons. The molecular formula is C24H30OPSi+. The summed E-state index contributed by atoms with van der Waals surface area (Å²) >= 11 is 0. The van der Waals surface area contributed by atoms with Gasteiger partial charge in [-0.2, -0.15) is 0 Å². The van der Waals surface area contributed by atoms with Gasteiger partial charge >= 0.3 is 0 Å². The topological polar surface area (TPSA) is 9.23 Å². The van der Waals surface area contributed by atoms with Crippen molar-refractivity contribution in [2.45, 2.75) is 32.0 Å². The molecule has 3 aromatic rings. The molecule has 0 aliphatic carbocycles. The Balaban J connectivity index is 2.42. The van der Waals surface area contributed by atoms with Crippen LogP contribution >= 0.6 is 7.26 Å². The average molecular weight is 394 g/mol. The van der Waals surface area contributed by atoms with E-state index in [9.17, 15) is 0 Å². The van der Waals surface area contributed by atoms with Crippen molar-refractivity contribution in [1.29, 1.82) is 0 Å². The number of ether oxygens (including phenoxy) is 1. The van der Waals surface area contributed by atoms with E-state index in [1.54, 1.807) is 0 Å². The monoisotopic (exact) mass is 393 g/mol. The van der Waals surface area contributed by atoms with E-state index in [1.165, 1.54) is 15.9 Å². The van der Waals surface area contributed by atoms with Gasteiger partial charge in [-0.1, -0.05) is 74.2 Å². The zero-order valence-corrected chi connectivity index (χ0v) is 18.7. The van der Waals surface area contributed by atoms with Crippen molar-refractivity contribution >= 4 is 31.2 Å². The van der Waals surface area contributed by atoms with E-state index in [4.69, 9.17) is 4.74 Å². The summed E-state index contributed by atoms with van der Waals surface area (Å²) in [5.41, 5.74) is 0.224. The quantitative estimate of drug-likeness (QED) is 0.395. The minimum Gasteiger partial charge on any atom is -0.347 e. The van der Waals surface area contributed by atoms with E-state index in [0.717, 1.165) is 6.61 Å². The first-order valence-electron chi connectivity index (χ1n) is 9.68. The second-order valence-electron chi connectivity index (χ2n) is 7.90. The molecule has 0 heterocycles. The average Bonchev–Trinajstić information content (AvgIpc) is 2.70. The van der Waals surface area contributed by atoms with Crippen LogP contribution in [0, 0.1) is 0 Å². The van der Waals surface area contributed by atoms with Crippen LogP contribution in [0.2, 0.25) is 19.6 Å². The Morgan fingerprint density at radius 2 is 1.00 bits per heavy atom. The number of benzene rings is 3. The Morgan fingerprint density at radius 1 is 0.667 bits per heavy atom. The van der Waals surface area contributed by atoms with E-state index < -0.39 is 15.3 Å². The summed E-state index contributed by atoms with van der Waals surface area (Å²) in [6.45, 7) is 10.2. The Bertz CT molecular complexity index is 732. The molecule has 3 aromatic carbocycles. The van der Waals surface area contributed by atoms with Crippen molar-refractivity contribution in [3.8, 4) is 0 Å². The molecule has 0 amide bonds. The van der Waals surface area contributed by atoms with Gasteiger partial charge in [0, 0.05) is 6.61 Å². The Labute approximate surface area is 165 Å². The van der Waals surface area contributed by atoms with Crippen LogP contribution in [0.5, 0.6) is 0 Å². The highest BCUT2D eigenvalue weighted by atomic mass is 31.2. The maximum Gasteiger partial charge on any atom is 0.162 e. The van der Waals surface area contributed by atoms with E-state index >= 15 is 0 Å². The van der Waals surface area contributed by atoms with Gasteiger partial charge < -0.3 is 4.74 Å². The van der Waals surface area contributed by atoms with Crippen LogP contribution in [0.15, 0.2) is 91.0 Å². The molecule has 0 saturated carbocycles.